The Kier molecular flexibility index (Phi) is 4.73. The van der Waals surface area contributed by atoms with Crippen LogP contribution >= 0.6 is 0 Å². The molecule has 1 saturated carbocycles. The number of aliphatic carboxylic acids is 1. The van der Waals surface area contributed by atoms with Crippen molar-refractivity contribution in [2.24, 2.45) is 5.92 Å². The summed E-state index contributed by atoms with van der Waals surface area (Å²) in [4.78, 5) is 19.8. The van der Waals surface area contributed by atoms with Crippen LogP contribution in [0.1, 0.15) is 42.0 Å². The lowest BCUT2D eigenvalue weighted by atomic mass is 10.1. The monoisotopic (exact) mass is 353 g/mol. The highest BCUT2D eigenvalue weighted by atomic mass is 16.5. The average Bonchev–Trinajstić information content (AvgIpc) is 3.40. The van der Waals surface area contributed by atoms with Gasteiger partial charge in [-0.2, -0.15) is 0 Å². The zero-order chi connectivity index (χ0) is 17.9. The molecule has 6 heteroatoms. The Hall–Kier alpha value is -2.63. The van der Waals surface area contributed by atoms with Gasteiger partial charge in [0.25, 0.3) is 0 Å². The number of ether oxygens (including phenoxy) is 1. The molecule has 3 heterocycles. The number of carbonyl (C=O) groups is 1. The van der Waals surface area contributed by atoms with Gasteiger partial charge in [-0.3, -0.25) is 4.79 Å². The minimum absolute atomic E-state index is 0.242. The summed E-state index contributed by atoms with van der Waals surface area (Å²) >= 11 is 0. The molecule has 6 nitrogen and oxygen atoms in total. The van der Waals surface area contributed by atoms with E-state index in [1.807, 2.05) is 18.3 Å². The Morgan fingerprint density at radius 2 is 2.23 bits per heavy atom. The molecule has 2 N–H and O–H groups in total. The highest BCUT2D eigenvalue weighted by molar-refractivity contribution is 5.67. The maximum Gasteiger partial charge on any atom is 0.303 e. The molecule has 2 aromatic rings. The Morgan fingerprint density at radius 1 is 1.31 bits per heavy atom. The van der Waals surface area contributed by atoms with E-state index < -0.39 is 5.97 Å². The van der Waals surface area contributed by atoms with Crippen LogP contribution in [0.4, 0.5) is 5.82 Å². The van der Waals surface area contributed by atoms with Crippen molar-refractivity contribution in [1.29, 1.82) is 0 Å². The van der Waals surface area contributed by atoms with E-state index in [0.29, 0.717) is 18.4 Å². The molecule has 4 rings (SSSR count). The molecule has 0 radical (unpaired) electrons. The summed E-state index contributed by atoms with van der Waals surface area (Å²) in [5, 5.41) is 12.2. The van der Waals surface area contributed by atoms with Crippen molar-refractivity contribution in [3.63, 3.8) is 0 Å². The number of nitrogens with zero attached hydrogens (tertiary/aromatic N) is 2. The standard InChI is InChI=1S/C20H23N3O3/c24-19(25)11-15-10-17(15)14-4-6-18(22-12-14)26-9-7-16-5-3-13-2-1-8-21-20(13)23-16/h3-6,12,15,17H,1-2,7-11H2,(H,21,23)(H,24,25). The van der Waals surface area contributed by atoms with Gasteiger partial charge < -0.3 is 15.2 Å². The van der Waals surface area contributed by atoms with Gasteiger partial charge in [0, 0.05) is 37.3 Å². The number of anilines is 1. The normalized spacial score (nSPS) is 20.8. The number of rotatable bonds is 7. The van der Waals surface area contributed by atoms with E-state index in [9.17, 15) is 4.79 Å². The molecule has 0 bridgehead atoms. The molecule has 0 spiro atoms. The number of carboxylic acids is 1. The number of carboxylic acid groups (broad SMARTS) is 1. The molecule has 2 aromatic heterocycles. The van der Waals surface area contributed by atoms with E-state index in [-0.39, 0.29) is 12.3 Å². The van der Waals surface area contributed by atoms with E-state index >= 15 is 0 Å². The highest BCUT2D eigenvalue weighted by Crippen LogP contribution is 2.49. The molecule has 1 aliphatic heterocycles. The molecule has 2 atom stereocenters. The summed E-state index contributed by atoms with van der Waals surface area (Å²) in [7, 11) is 0. The van der Waals surface area contributed by atoms with E-state index in [4.69, 9.17) is 9.84 Å². The second-order valence-electron chi connectivity index (χ2n) is 7.07. The van der Waals surface area contributed by atoms with E-state index in [1.165, 1.54) is 5.56 Å². The van der Waals surface area contributed by atoms with Gasteiger partial charge in [0.1, 0.15) is 5.82 Å². The molecular weight excluding hydrogens is 330 g/mol. The zero-order valence-electron chi connectivity index (χ0n) is 14.6. The number of hydrogen-bond donors (Lipinski definition) is 2. The van der Waals surface area contributed by atoms with Crippen molar-refractivity contribution in [2.45, 2.75) is 38.0 Å². The second kappa shape index (κ2) is 7.32. The SMILES string of the molecule is O=C(O)CC1CC1c1ccc(OCCc2ccc3c(n2)NCCC3)nc1. The largest absolute Gasteiger partial charge is 0.481 e. The van der Waals surface area contributed by atoms with Gasteiger partial charge in [0.15, 0.2) is 0 Å². The summed E-state index contributed by atoms with van der Waals surface area (Å²) in [6, 6.07) is 8.09. The molecule has 0 amide bonds. The number of hydrogen-bond acceptors (Lipinski definition) is 5. The zero-order valence-corrected chi connectivity index (χ0v) is 14.6. The minimum atomic E-state index is -0.726. The molecule has 1 fully saturated rings. The number of aromatic nitrogens is 2. The fourth-order valence-electron chi connectivity index (χ4n) is 3.57. The Morgan fingerprint density at radius 3 is 3.04 bits per heavy atom. The molecule has 136 valence electrons. The Bertz CT molecular complexity index is 791. The highest BCUT2D eigenvalue weighted by Gasteiger charge is 2.39. The van der Waals surface area contributed by atoms with Crippen LogP contribution in [0, 0.1) is 5.92 Å². The summed E-state index contributed by atoms with van der Waals surface area (Å²) in [5.74, 6) is 1.47. The summed E-state index contributed by atoms with van der Waals surface area (Å²) < 4.78 is 5.73. The van der Waals surface area contributed by atoms with Gasteiger partial charge >= 0.3 is 5.97 Å². The quantitative estimate of drug-likeness (QED) is 0.796. The lowest BCUT2D eigenvalue weighted by Gasteiger charge is -2.17. The van der Waals surface area contributed by atoms with Crippen LogP contribution in [-0.2, 0) is 17.6 Å². The fourth-order valence-corrected chi connectivity index (χ4v) is 3.57. The van der Waals surface area contributed by atoms with Crippen LogP contribution in [0.5, 0.6) is 5.88 Å². The van der Waals surface area contributed by atoms with Gasteiger partial charge in [0.05, 0.1) is 6.61 Å². The Balaban J connectivity index is 1.27. The first-order valence-corrected chi connectivity index (χ1v) is 9.22. The predicted molar refractivity (Wildman–Crippen MR) is 97.6 cm³/mol. The fraction of sp³-hybridized carbons (Fsp3) is 0.450. The van der Waals surface area contributed by atoms with E-state index in [0.717, 1.165) is 49.3 Å². The van der Waals surface area contributed by atoms with Gasteiger partial charge in [0.2, 0.25) is 5.88 Å². The van der Waals surface area contributed by atoms with Crippen LogP contribution in [0.15, 0.2) is 30.5 Å². The topological polar surface area (TPSA) is 84.3 Å². The molecule has 1 aliphatic carbocycles. The number of nitrogens with one attached hydrogen (secondary N) is 1. The molecule has 0 aromatic carbocycles. The lowest BCUT2D eigenvalue weighted by Crippen LogP contribution is -2.14. The maximum atomic E-state index is 10.8. The van der Waals surface area contributed by atoms with Crippen molar-refractivity contribution < 1.29 is 14.6 Å². The molecule has 2 aliphatic rings. The van der Waals surface area contributed by atoms with E-state index in [2.05, 4.69) is 27.4 Å². The third kappa shape index (κ3) is 3.95. The first kappa shape index (κ1) is 16.8. The van der Waals surface area contributed by atoms with Gasteiger partial charge in [-0.15, -0.1) is 0 Å². The summed E-state index contributed by atoms with van der Waals surface area (Å²) in [6.07, 6.45) is 5.98. The van der Waals surface area contributed by atoms with Crippen molar-refractivity contribution in [3.8, 4) is 5.88 Å². The smallest absolute Gasteiger partial charge is 0.303 e. The van der Waals surface area contributed by atoms with Crippen molar-refractivity contribution in [2.75, 3.05) is 18.5 Å². The number of aryl methyl sites for hydroxylation is 1. The third-order valence-electron chi connectivity index (χ3n) is 5.11. The number of fused-ring (bicyclic) bond motifs is 1. The molecular formula is C20H23N3O3. The lowest BCUT2D eigenvalue weighted by molar-refractivity contribution is -0.137. The Labute approximate surface area is 152 Å². The van der Waals surface area contributed by atoms with Crippen molar-refractivity contribution in [1.82, 2.24) is 9.97 Å². The maximum absolute atomic E-state index is 10.8. The van der Waals surface area contributed by atoms with Crippen molar-refractivity contribution in [3.05, 3.63) is 47.3 Å². The molecule has 2 unspecified atom stereocenters. The van der Waals surface area contributed by atoms with Gasteiger partial charge in [-0.05, 0) is 48.3 Å². The average molecular weight is 353 g/mol. The molecule has 26 heavy (non-hydrogen) atoms. The third-order valence-corrected chi connectivity index (χ3v) is 5.11. The first-order chi connectivity index (χ1) is 12.7. The minimum Gasteiger partial charge on any atom is -0.481 e. The van der Waals surface area contributed by atoms with Crippen molar-refractivity contribution >= 4 is 11.8 Å². The van der Waals surface area contributed by atoms with Gasteiger partial charge in [-0.1, -0.05) is 12.1 Å². The molecule has 0 saturated heterocycles. The van der Waals surface area contributed by atoms with Crippen LogP contribution in [0.25, 0.3) is 0 Å². The van der Waals surface area contributed by atoms with Crippen LogP contribution in [-0.4, -0.2) is 34.2 Å². The first-order valence-electron chi connectivity index (χ1n) is 9.22. The second-order valence-corrected chi connectivity index (χ2v) is 7.07. The van der Waals surface area contributed by atoms with E-state index in [1.54, 1.807) is 0 Å². The summed E-state index contributed by atoms with van der Waals surface area (Å²) in [5.41, 5.74) is 3.41. The van der Waals surface area contributed by atoms with Crippen LogP contribution in [0.2, 0.25) is 0 Å². The summed E-state index contributed by atoms with van der Waals surface area (Å²) in [6.45, 7) is 1.52. The van der Waals surface area contributed by atoms with Crippen LogP contribution in [0.3, 0.4) is 0 Å². The van der Waals surface area contributed by atoms with Gasteiger partial charge in [-0.25, -0.2) is 9.97 Å². The predicted octanol–water partition coefficient (Wildman–Crippen LogP) is 3.03. The van der Waals surface area contributed by atoms with Crippen LogP contribution < -0.4 is 10.1 Å². The number of pyridine rings is 2.